The van der Waals surface area contributed by atoms with E-state index < -0.39 is 67.2 Å². The number of hydrogen-bond acceptors (Lipinski definition) is 12. The molecule has 5 atom stereocenters. The first kappa shape index (κ1) is 29.1. The predicted octanol–water partition coefficient (Wildman–Crippen LogP) is 1.25. The van der Waals surface area contributed by atoms with Gasteiger partial charge in [0, 0.05) is 33.8 Å². The van der Waals surface area contributed by atoms with Gasteiger partial charge in [0.25, 0.3) is 0 Å². The van der Waals surface area contributed by atoms with Gasteiger partial charge in [0.15, 0.2) is 23.7 Å². The Morgan fingerprint density at radius 1 is 0.865 bits per heavy atom. The van der Waals surface area contributed by atoms with Crippen molar-refractivity contribution in [3.8, 4) is 11.5 Å². The average molecular weight is 526 g/mol. The van der Waals surface area contributed by atoms with Crippen LogP contribution in [0.5, 0.6) is 11.5 Å². The summed E-state index contributed by atoms with van der Waals surface area (Å²) >= 11 is 0. The number of carboxylic acids is 1. The molecule has 0 radical (unpaired) electrons. The Morgan fingerprint density at radius 2 is 1.46 bits per heavy atom. The van der Waals surface area contributed by atoms with Crippen LogP contribution in [0, 0.1) is 0 Å². The maximum absolute atomic E-state index is 11.9. The summed E-state index contributed by atoms with van der Waals surface area (Å²) in [6.45, 7) is 4.08. The van der Waals surface area contributed by atoms with Crippen molar-refractivity contribution in [3.05, 3.63) is 29.8 Å². The van der Waals surface area contributed by atoms with E-state index in [1.165, 1.54) is 31.4 Å². The van der Waals surface area contributed by atoms with E-state index in [0.717, 1.165) is 33.8 Å². The fourth-order valence-electron chi connectivity index (χ4n) is 3.46. The summed E-state index contributed by atoms with van der Waals surface area (Å²) in [6, 6.07) is 4.47. The highest BCUT2D eigenvalue weighted by Gasteiger charge is 2.53. The number of aliphatic carboxylic acids is 1. The molecule has 0 unspecified atom stereocenters. The number of hydrogen-bond donors (Lipinski definition) is 1. The molecular weight excluding hydrogens is 498 g/mol. The standard InChI is InChI=1S/C24H28O13/c1-12(25)32-11-19-21(33-13(2)26)22(34-14(3)27)23(35-15(4)28)24(37-19)36-17-8-6-16(7-9-20(29)30)10-18(17)31-5/h6-10,19,21-24H,11H2,1-5H3,(H,29,30)/b9-7+/t19-,21+,22+,23-,24-/m1/s1/i9+1,20+1. The number of rotatable bonds is 10. The highest BCUT2D eigenvalue weighted by atomic mass is 16.7. The first-order valence-electron chi connectivity index (χ1n) is 11.0. The van der Waals surface area contributed by atoms with Crippen molar-refractivity contribution in [3.63, 3.8) is 0 Å². The maximum atomic E-state index is 11.9. The summed E-state index contributed by atoms with van der Waals surface area (Å²) < 4.78 is 38.2. The predicted molar refractivity (Wildman–Crippen MR) is 122 cm³/mol. The molecule has 0 saturated carbocycles. The molecule has 13 nitrogen and oxygen atoms in total. The van der Waals surface area contributed by atoms with Crippen molar-refractivity contribution in [2.75, 3.05) is 13.7 Å². The van der Waals surface area contributed by atoms with Crippen LogP contribution in [0.15, 0.2) is 24.3 Å². The molecule has 2 rings (SSSR count). The van der Waals surface area contributed by atoms with Gasteiger partial charge in [-0.15, -0.1) is 0 Å². The second kappa shape index (κ2) is 13.3. The monoisotopic (exact) mass is 526 g/mol. The molecule has 1 aliphatic rings. The Labute approximate surface area is 212 Å². The fraction of sp³-hybridized carbons (Fsp3) is 0.458. The smallest absolute Gasteiger partial charge is 0.328 e. The minimum absolute atomic E-state index is 0.0934. The zero-order valence-corrected chi connectivity index (χ0v) is 20.8. The summed E-state index contributed by atoms with van der Waals surface area (Å²) in [7, 11) is 1.35. The van der Waals surface area contributed by atoms with Crippen LogP contribution in [-0.2, 0) is 47.7 Å². The molecule has 1 saturated heterocycles. The van der Waals surface area contributed by atoms with E-state index in [1.54, 1.807) is 0 Å². The highest BCUT2D eigenvalue weighted by molar-refractivity contribution is 5.85. The third kappa shape index (κ3) is 8.79. The molecule has 0 aromatic heterocycles. The maximum Gasteiger partial charge on any atom is 0.328 e. The van der Waals surface area contributed by atoms with Crippen molar-refractivity contribution in [2.24, 2.45) is 0 Å². The van der Waals surface area contributed by atoms with Crippen LogP contribution < -0.4 is 9.47 Å². The van der Waals surface area contributed by atoms with Gasteiger partial charge in [-0.05, 0) is 23.8 Å². The third-order valence-corrected chi connectivity index (χ3v) is 4.80. The summed E-state index contributed by atoms with van der Waals surface area (Å²) in [4.78, 5) is 57.9. The topological polar surface area (TPSA) is 170 Å². The molecule has 37 heavy (non-hydrogen) atoms. The Hall–Kier alpha value is -4.13. The summed E-state index contributed by atoms with van der Waals surface area (Å²) in [6.07, 6.45) is -4.50. The zero-order chi connectivity index (χ0) is 27.7. The Kier molecular flexibility index (Phi) is 10.4. The molecule has 0 amide bonds. The zero-order valence-electron chi connectivity index (χ0n) is 20.8. The van der Waals surface area contributed by atoms with E-state index in [-0.39, 0.29) is 11.5 Å². The van der Waals surface area contributed by atoms with Gasteiger partial charge in [0.1, 0.15) is 12.7 Å². The lowest BCUT2D eigenvalue weighted by atomic mass is 9.98. The van der Waals surface area contributed by atoms with Crippen molar-refractivity contribution >= 4 is 35.9 Å². The van der Waals surface area contributed by atoms with Crippen LogP contribution in [-0.4, -0.2) is 79.4 Å². The minimum Gasteiger partial charge on any atom is -0.493 e. The number of methoxy groups -OCH3 is 1. The highest BCUT2D eigenvalue weighted by Crippen LogP contribution is 2.35. The van der Waals surface area contributed by atoms with Gasteiger partial charge >= 0.3 is 29.8 Å². The summed E-state index contributed by atoms with van der Waals surface area (Å²) in [5.41, 5.74) is 0.480. The molecule has 0 aliphatic carbocycles. The average Bonchev–Trinajstić information content (AvgIpc) is 2.79. The van der Waals surface area contributed by atoms with E-state index in [4.69, 9.17) is 38.3 Å². The summed E-state index contributed by atoms with van der Waals surface area (Å²) in [5.74, 6) is -3.85. The van der Waals surface area contributed by atoms with Gasteiger partial charge < -0.3 is 38.3 Å². The normalized spacial score (nSPS) is 23.0. The molecule has 1 aliphatic heterocycles. The van der Waals surface area contributed by atoms with Gasteiger partial charge in [-0.3, -0.25) is 19.2 Å². The van der Waals surface area contributed by atoms with Crippen LogP contribution in [0.4, 0.5) is 0 Å². The van der Waals surface area contributed by atoms with Crippen LogP contribution in [0.3, 0.4) is 0 Å². The second-order valence-corrected chi connectivity index (χ2v) is 7.77. The van der Waals surface area contributed by atoms with Gasteiger partial charge in [-0.1, -0.05) is 6.07 Å². The minimum atomic E-state index is -1.45. The number of carbonyl (C=O) groups excluding carboxylic acids is 4. The van der Waals surface area contributed by atoms with E-state index >= 15 is 0 Å². The number of carboxylic acid groups (broad SMARTS) is 1. The quantitative estimate of drug-likeness (QED) is 0.200. The van der Waals surface area contributed by atoms with Crippen molar-refractivity contribution in [1.82, 2.24) is 0 Å². The SMILES string of the molecule is COc1cc(/C=[13CH]/[13C](=O)O)ccc1O[C@@H]1O[C@H](COC(C)=O)[C@H](OC(C)=O)[C@H](OC(C)=O)[C@H]1OC(C)=O. The largest absolute Gasteiger partial charge is 0.493 e. The third-order valence-electron chi connectivity index (χ3n) is 4.80. The Morgan fingerprint density at radius 3 is 2.00 bits per heavy atom. The molecule has 1 N–H and O–H groups in total. The van der Waals surface area contributed by atoms with Crippen LogP contribution in [0.2, 0.25) is 0 Å². The van der Waals surface area contributed by atoms with Crippen LogP contribution in [0.25, 0.3) is 6.08 Å². The number of esters is 4. The van der Waals surface area contributed by atoms with Crippen LogP contribution in [0.1, 0.15) is 33.3 Å². The van der Waals surface area contributed by atoms with Gasteiger partial charge in [0.05, 0.1) is 7.11 Å². The number of carbonyl (C=O) groups is 5. The lowest BCUT2D eigenvalue weighted by molar-refractivity contribution is -0.288. The lowest BCUT2D eigenvalue weighted by Gasteiger charge is -2.44. The Bertz CT molecular complexity index is 1050. The van der Waals surface area contributed by atoms with Crippen molar-refractivity contribution in [1.29, 1.82) is 0 Å². The van der Waals surface area contributed by atoms with E-state index in [9.17, 15) is 24.0 Å². The number of ether oxygens (including phenoxy) is 7. The molecule has 1 aromatic rings. The molecule has 1 fully saturated rings. The molecule has 0 bridgehead atoms. The van der Waals surface area contributed by atoms with E-state index in [0.29, 0.717) is 5.56 Å². The first-order valence-corrected chi connectivity index (χ1v) is 11.0. The van der Waals surface area contributed by atoms with Gasteiger partial charge in [0.2, 0.25) is 12.4 Å². The lowest BCUT2D eigenvalue weighted by Crippen LogP contribution is -2.63. The summed E-state index contributed by atoms with van der Waals surface area (Å²) in [5, 5.41) is 8.84. The number of benzene rings is 1. The molecular formula is C24H28O13. The Balaban J connectivity index is 2.50. The second-order valence-electron chi connectivity index (χ2n) is 7.77. The first-order chi connectivity index (χ1) is 17.4. The molecule has 0 spiro atoms. The van der Waals surface area contributed by atoms with Crippen molar-refractivity contribution < 1.29 is 62.2 Å². The molecule has 1 aromatic carbocycles. The van der Waals surface area contributed by atoms with E-state index in [1.807, 2.05) is 0 Å². The van der Waals surface area contributed by atoms with E-state index in [2.05, 4.69) is 0 Å². The fourth-order valence-corrected chi connectivity index (χ4v) is 3.46. The van der Waals surface area contributed by atoms with Crippen LogP contribution >= 0.6 is 0 Å². The van der Waals surface area contributed by atoms with Gasteiger partial charge in [-0.25, -0.2) is 4.79 Å². The van der Waals surface area contributed by atoms with Gasteiger partial charge in [-0.2, -0.15) is 0 Å². The molecule has 13 heteroatoms. The molecule has 202 valence electrons. The molecule has 1 heterocycles. The van der Waals surface area contributed by atoms with Crippen molar-refractivity contribution in [2.45, 2.75) is 58.4 Å².